The topological polar surface area (TPSA) is 281 Å². The van der Waals surface area contributed by atoms with Gasteiger partial charge in [0.05, 0.1) is 38.5 Å². The lowest BCUT2D eigenvalue weighted by molar-refractivity contribution is -0.586. The number of rotatable bonds is 20. The maximum atomic E-state index is 13.7. The van der Waals surface area contributed by atoms with Gasteiger partial charge in [0, 0.05) is 60.3 Å². The van der Waals surface area contributed by atoms with Gasteiger partial charge in [0.25, 0.3) is 0 Å². The number of hydrogen-bond acceptors (Lipinski definition) is 25. The second-order valence-electron chi connectivity index (χ2n) is 30.1. The lowest BCUT2D eigenvalue weighted by atomic mass is 9.50. The zero-order valence-corrected chi connectivity index (χ0v) is 54.0. The van der Waals surface area contributed by atoms with Crippen LogP contribution in [0.5, 0.6) is 0 Å². The fourth-order valence-corrected chi connectivity index (χ4v) is 18.3. The molecule has 0 aromatic heterocycles. The van der Waals surface area contributed by atoms with E-state index < -0.39 is 145 Å². The van der Waals surface area contributed by atoms with Crippen molar-refractivity contribution in [1.29, 1.82) is 0 Å². The highest BCUT2D eigenvalue weighted by Gasteiger charge is 2.76. The zero-order valence-electron chi connectivity index (χ0n) is 54.0. The Bertz CT molecular complexity index is 2640. The quantitative estimate of drug-likeness (QED) is 0.0684. The van der Waals surface area contributed by atoms with Crippen LogP contribution < -0.4 is 5.32 Å². The highest BCUT2D eigenvalue weighted by molar-refractivity contribution is 5.79. The summed E-state index contributed by atoms with van der Waals surface area (Å²) in [5.41, 5.74) is -4.71. The first-order valence-corrected chi connectivity index (χ1v) is 33.7. The number of esters is 6. The highest BCUT2D eigenvalue weighted by atomic mass is 17.3. The van der Waals surface area contributed by atoms with Gasteiger partial charge in [0.1, 0.15) is 25.4 Å². The molecule has 3 spiro atoms. The van der Waals surface area contributed by atoms with Gasteiger partial charge in [-0.25, -0.2) is 29.3 Å². The van der Waals surface area contributed by atoms with E-state index in [1.807, 2.05) is 41.5 Å². The van der Waals surface area contributed by atoms with Crippen LogP contribution in [-0.2, 0) is 115 Å². The molecule has 90 heavy (non-hydrogen) atoms. The maximum Gasteiger partial charge on any atom is 0.308 e. The Balaban J connectivity index is 0.640. The SMILES string of the molecule is C[C@H]1[C@H](OC(=O)CCC(=O)OCC(COC(=O)CCC(=O)O[C@@H]2O[C@@H]3O[C@]4(C)CC[C@H]5[C@H](C)CC[C@@H]([C@H]2C)[C@@]35OO4)(COC(=O)CCC(=O)O[C@@H]2O[C@@H]3O[C@]4(C)CC[C@H]5[C@H](C)CC[C@@](C)([C@H]2C)[C@@]35OO4)NC2CC2)O[C@@H]2O[C@]3(C)CC[C@H]4[C@H](C)CC[C@@H]1[C@@]24OO3. The summed E-state index contributed by atoms with van der Waals surface area (Å²) in [5, 5.41) is 3.38. The van der Waals surface area contributed by atoms with Crippen LogP contribution in [0.2, 0.25) is 0 Å². The molecule has 1 N–H and O–H groups in total. The van der Waals surface area contributed by atoms with Crippen LogP contribution >= 0.6 is 0 Å². The number of ether oxygens (including phenoxy) is 12. The predicted molar refractivity (Wildman–Crippen MR) is 303 cm³/mol. The molecule has 0 aromatic carbocycles. The Morgan fingerprint density at radius 1 is 0.411 bits per heavy atom. The summed E-state index contributed by atoms with van der Waals surface area (Å²) in [7, 11) is 0. The molecule has 0 unspecified atom stereocenters. The Hall–Kier alpha value is -3.70. The summed E-state index contributed by atoms with van der Waals surface area (Å²) in [6.45, 7) is 18.7. The van der Waals surface area contributed by atoms with E-state index in [0.717, 1.165) is 57.8 Å². The minimum absolute atomic E-state index is 0.0836. The van der Waals surface area contributed by atoms with Gasteiger partial charge in [-0.15, -0.1) is 0 Å². The van der Waals surface area contributed by atoms with Gasteiger partial charge in [0.15, 0.2) is 35.7 Å². The van der Waals surface area contributed by atoms with Crippen molar-refractivity contribution in [1.82, 2.24) is 5.32 Å². The highest BCUT2D eigenvalue weighted by Crippen LogP contribution is 2.67. The second kappa shape index (κ2) is 24.2. The van der Waals surface area contributed by atoms with E-state index in [1.165, 1.54) is 0 Å². The smallest absolute Gasteiger partial charge is 0.308 e. The average molecular weight is 1270 g/mol. The van der Waals surface area contributed by atoms with Gasteiger partial charge in [0.2, 0.25) is 36.2 Å². The molecule has 4 aliphatic carbocycles. The lowest BCUT2D eigenvalue weighted by Gasteiger charge is -2.65. The van der Waals surface area contributed by atoms with E-state index >= 15 is 0 Å². The van der Waals surface area contributed by atoms with Crippen LogP contribution in [0.25, 0.3) is 0 Å². The molecule has 24 atom stereocenters. The third-order valence-corrected chi connectivity index (χ3v) is 24.0. The van der Waals surface area contributed by atoms with Gasteiger partial charge in [-0.3, -0.25) is 34.1 Å². The molecule has 16 aliphatic rings. The van der Waals surface area contributed by atoms with Crippen LogP contribution in [0.1, 0.15) is 198 Å². The largest absolute Gasteiger partial charge is 0.463 e. The molecular formula is C65H95NO24. The molecule has 4 saturated carbocycles. The van der Waals surface area contributed by atoms with E-state index in [-0.39, 0.29) is 85.5 Å². The van der Waals surface area contributed by atoms with Crippen LogP contribution in [0, 0.1) is 70.5 Å². The fourth-order valence-electron chi connectivity index (χ4n) is 18.3. The Morgan fingerprint density at radius 2 is 0.800 bits per heavy atom. The van der Waals surface area contributed by atoms with E-state index in [0.29, 0.717) is 49.9 Å². The molecule has 12 aliphatic heterocycles. The third-order valence-electron chi connectivity index (χ3n) is 24.0. The number of hydrogen-bond donors (Lipinski definition) is 1. The molecule has 0 amide bonds. The maximum absolute atomic E-state index is 13.7. The normalized spacial score (nSPS) is 47.5. The number of fused-ring (bicyclic) bond motifs is 6. The van der Waals surface area contributed by atoms with Crippen LogP contribution in [0.15, 0.2) is 0 Å². The summed E-state index contributed by atoms with van der Waals surface area (Å²) in [5.74, 6) is -7.33. The predicted octanol–water partition coefficient (Wildman–Crippen LogP) is 8.09. The van der Waals surface area contributed by atoms with Gasteiger partial charge >= 0.3 is 35.8 Å². The molecule has 6 bridgehead atoms. The lowest BCUT2D eigenvalue weighted by Crippen LogP contribution is -2.74. The Labute approximate surface area is 525 Å². The van der Waals surface area contributed by atoms with E-state index in [2.05, 4.69) is 33.0 Å². The molecule has 12 heterocycles. The monoisotopic (exact) mass is 1270 g/mol. The Kier molecular flexibility index (Phi) is 17.5. The minimum Gasteiger partial charge on any atom is -0.463 e. The summed E-state index contributed by atoms with van der Waals surface area (Å²) < 4.78 is 74.2. The summed E-state index contributed by atoms with van der Waals surface area (Å²) in [6, 6.07) is -0.132. The van der Waals surface area contributed by atoms with Crippen molar-refractivity contribution in [2.75, 3.05) is 19.8 Å². The van der Waals surface area contributed by atoms with Crippen molar-refractivity contribution in [3.63, 3.8) is 0 Å². The van der Waals surface area contributed by atoms with Crippen LogP contribution in [0.4, 0.5) is 0 Å². The van der Waals surface area contributed by atoms with E-state index in [1.54, 1.807) is 0 Å². The molecular weight excluding hydrogens is 1180 g/mol. The van der Waals surface area contributed by atoms with Crippen molar-refractivity contribution in [2.24, 2.45) is 70.5 Å². The Morgan fingerprint density at radius 3 is 1.26 bits per heavy atom. The zero-order chi connectivity index (χ0) is 63.6. The molecule has 0 aromatic rings. The van der Waals surface area contributed by atoms with Gasteiger partial charge < -0.3 is 56.8 Å². The molecule has 0 radical (unpaired) electrons. The molecule has 16 fully saturated rings. The van der Waals surface area contributed by atoms with Crippen molar-refractivity contribution in [3.8, 4) is 0 Å². The first-order valence-electron chi connectivity index (χ1n) is 33.7. The van der Waals surface area contributed by atoms with Crippen molar-refractivity contribution >= 4 is 35.8 Å². The molecule has 25 heteroatoms. The second-order valence-corrected chi connectivity index (χ2v) is 30.1. The number of carbonyl (C=O) groups is 6. The molecule has 504 valence electrons. The average Bonchev–Trinajstić information content (AvgIpc) is 1.50. The van der Waals surface area contributed by atoms with Crippen molar-refractivity contribution in [3.05, 3.63) is 0 Å². The third kappa shape index (κ3) is 11.4. The van der Waals surface area contributed by atoms with Crippen molar-refractivity contribution < 1.29 is 115 Å². The van der Waals surface area contributed by atoms with Gasteiger partial charge in [-0.05, 0) is 127 Å². The van der Waals surface area contributed by atoms with E-state index in [4.69, 9.17) is 86.2 Å². The standard InChI is InChI=1S/C65H95NO24/c1-34-11-15-44-37(4)52(79-55-63(44)41(34)24-28-59(8,82-55)85-88-63)76-49(70)20-17-46(67)73-31-62(66-40-13-14-40,32-74-47(68)18-21-50(71)77-53-38(5)45-16-12-35(2)42-25-29-60(9)83-56(80-53)64(42,45)89-86-60)33-75-48(69)19-22-51(72)78-54-39(6)58(7)27-23-36(3)43-26-30-61(10)84-57(81-54)65(43,58)90-87-61/h34-45,52-57,66H,11-33H2,1-10H3/t34-,35-,36-,37-,38-,39+,41+,42+,43+,44+,45+,52-,53-,54-,55-,56-,57-,58+,59+,60+,61+,63-,64-,65+/m1/s1. The van der Waals surface area contributed by atoms with Gasteiger partial charge in [-0.2, -0.15) is 0 Å². The summed E-state index contributed by atoms with van der Waals surface area (Å²) >= 11 is 0. The molecule has 12 saturated heterocycles. The van der Waals surface area contributed by atoms with E-state index in [9.17, 15) is 28.8 Å². The van der Waals surface area contributed by atoms with Gasteiger partial charge in [-0.1, -0.05) is 48.5 Å². The number of nitrogens with one attached hydrogen (secondary N) is 1. The van der Waals surface area contributed by atoms with Crippen LogP contribution in [-0.4, -0.2) is 139 Å². The van der Waals surface area contributed by atoms with Crippen LogP contribution in [0.3, 0.4) is 0 Å². The number of carbonyl (C=O) groups excluding carboxylic acids is 6. The molecule has 25 nitrogen and oxygen atoms in total. The first kappa shape index (κ1) is 65.0. The van der Waals surface area contributed by atoms with Crippen molar-refractivity contribution in [2.45, 2.75) is 281 Å². The summed E-state index contributed by atoms with van der Waals surface area (Å²) in [4.78, 5) is 119. The molecule has 16 rings (SSSR count). The first-order chi connectivity index (χ1) is 42.7. The minimum atomic E-state index is -1.52. The summed E-state index contributed by atoms with van der Waals surface area (Å²) in [6.07, 6.45) is 3.20. The fraction of sp³-hybridized carbons (Fsp3) is 0.908.